The molecule has 0 aliphatic carbocycles. The van der Waals surface area contributed by atoms with Crippen LogP contribution in [-0.4, -0.2) is 30.8 Å². The number of para-hydroxylation sites is 1. The van der Waals surface area contributed by atoms with Crippen molar-refractivity contribution in [3.05, 3.63) is 84.4 Å². The first kappa shape index (κ1) is 24.5. The minimum atomic E-state index is -0.223. The van der Waals surface area contributed by atoms with Gasteiger partial charge in [0.25, 0.3) is 5.91 Å². The zero-order valence-corrected chi connectivity index (χ0v) is 19.5. The summed E-state index contributed by atoms with van der Waals surface area (Å²) in [4.78, 5) is 38.7. The quantitative estimate of drug-likeness (QED) is 0.392. The van der Waals surface area contributed by atoms with Crippen molar-refractivity contribution in [2.45, 2.75) is 26.7 Å². The molecule has 0 saturated carbocycles. The lowest BCUT2D eigenvalue weighted by Crippen LogP contribution is -2.30. The van der Waals surface area contributed by atoms with Crippen LogP contribution in [0, 0.1) is 0 Å². The fourth-order valence-corrected chi connectivity index (χ4v) is 3.45. The van der Waals surface area contributed by atoms with Gasteiger partial charge < -0.3 is 20.9 Å². The molecule has 0 fully saturated rings. The third-order valence-electron chi connectivity index (χ3n) is 5.12. The Morgan fingerprint density at radius 2 is 1.41 bits per heavy atom. The molecule has 0 aliphatic heterocycles. The van der Waals surface area contributed by atoms with Crippen molar-refractivity contribution in [3.8, 4) is 0 Å². The highest BCUT2D eigenvalue weighted by Crippen LogP contribution is 2.19. The highest BCUT2D eigenvalue weighted by molar-refractivity contribution is 6.06. The van der Waals surface area contributed by atoms with Crippen LogP contribution in [0.4, 0.5) is 22.7 Å². The second-order valence-corrected chi connectivity index (χ2v) is 7.74. The van der Waals surface area contributed by atoms with Crippen molar-refractivity contribution in [2.24, 2.45) is 0 Å². The summed E-state index contributed by atoms with van der Waals surface area (Å²) < 4.78 is 0. The van der Waals surface area contributed by atoms with Crippen LogP contribution in [0.2, 0.25) is 0 Å². The fourth-order valence-electron chi connectivity index (χ4n) is 3.45. The molecule has 0 aromatic heterocycles. The van der Waals surface area contributed by atoms with Gasteiger partial charge in [0.2, 0.25) is 11.8 Å². The Balaban J connectivity index is 1.54. The average molecular weight is 459 g/mol. The summed E-state index contributed by atoms with van der Waals surface area (Å²) in [5.74, 6) is -0.358. The van der Waals surface area contributed by atoms with E-state index < -0.39 is 0 Å². The SMILES string of the molecule is CCCC(=O)Nc1cccc(NCC(=O)Nc2ccc(C(=O)N(CC)c3ccccc3)cc2)c1. The average Bonchev–Trinajstić information content (AvgIpc) is 2.85. The van der Waals surface area contributed by atoms with Gasteiger partial charge in [-0.15, -0.1) is 0 Å². The molecule has 7 nitrogen and oxygen atoms in total. The molecular weight excluding hydrogens is 428 g/mol. The van der Waals surface area contributed by atoms with Gasteiger partial charge in [0, 0.05) is 41.3 Å². The van der Waals surface area contributed by atoms with Gasteiger partial charge >= 0.3 is 0 Å². The predicted molar refractivity (Wildman–Crippen MR) is 137 cm³/mol. The smallest absolute Gasteiger partial charge is 0.258 e. The van der Waals surface area contributed by atoms with E-state index in [1.54, 1.807) is 41.3 Å². The molecule has 176 valence electrons. The molecule has 34 heavy (non-hydrogen) atoms. The van der Waals surface area contributed by atoms with Gasteiger partial charge in [-0.25, -0.2) is 0 Å². The first-order chi connectivity index (χ1) is 16.5. The topological polar surface area (TPSA) is 90.5 Å². The van der Waals surface area contributed by atoms with Crippen LogP contribution in [-0.2, 0) is 9.59 Å². The van der Waals surface area contributed by atoms with E-state index in [0.29, 0.717) is 29.9 Å². The molecule has 3 rings (SSSR count). The van der Waals surface area contributed by atoms with Crippen molar-refractivity contribution >= 4 is 40.5 Å². The lowest BCUT2D eigenvalue weighted by molar-refractivity contribution is -0.116. The van der Waals surface area contributed by atoms with E-state index in [-0.39, 0.29) is 24.3 Å². The first-order valence-corrected chi connectivity index (χ1v) is 11.4. The van der Waals surface area contributed by atoms with E-state index in [2.05, 4.69) is 16.0 Å². The number of anilines is 4. The molecule has 0 radical (unpaired) electrons. The molecule has 7 heteroatoms. The molecule has 0 aliphatic rings. The lowest BCUT2D eigenvalue weighted by atomic mass is 10.1. The molecule has 0 unspecified atom stereocenters. The van der Waals surface area contributed by atoms with E-state index in [1.165, 1.54) is 0 Å². The van der Waals surface area contributed by atoms with Gasteiger partial charge in [0.05, 0.1) is 6.54 Å². The van der Waals surface area contributed by atoms with Crippen LogP contribution in [0.3, 0.4) is 0 Å². The standard InChI is InChI=1S/C27H30N4O3/c1-3-9-25(32)30-23-11-8-10-22(18-23)28-19-26(33)29-21-16-14-20(15-17-21)27(34)31(4-2)24-12-6-5-7-13-24/h5-8,10-18,28H,3-4,9,19H2,1-2H3,(H,29,33)(H,30,32). The number of carbonyl (C=O) groups excluding carboxylic acids is 3. The number of hydrogen-bond acceptors (Lipinski definition) is 4. The van der Waals surface area contributed by atoms with Crippen molar-refractivity contribution < 1.29 is 14.4 Å². The van der Waals surface area contributed by atoms with Gasteiger partial charge in [-0.05, 0) is 67.9 Å². The molecule has 3 N–H and O–H groups in total. The second kappa shape index (κ2) is 12.2. The highest BCUT2D eigenvalue weighted by Gasteiger charge is 2.16. The Kier molecular flexibility index (Phi) is 8.80. The Hall–Kier alpha value is -4.13. The Bertz CT molecular complexity index is 1110. The van der Waals surface area contributed by atoms with Crippen molar-refractivity contribution in [3.63, 3.8) is 0 Å². The lowest BCUT2D eigenvalue weighted by Gasteiger charge is -2.21. The maximum absolute atomic E-state index is 12.9. The molecule has 3 aromatic rings. The summed E-state index contributed by atoms with van der Waals surface area (Å²) in [6.45, 7) is 4.49. The Morgan fingerprint density at radius 1 is 0.735 bits per heavy atom. The highest BCUT2D eigenvalue weighted by atomic mass is 16.2. The minimum Gasteiger partial charge on any atom is -0.376 e. The van der Waals surface area contributed by atoms with Crippen LogP contribution in [0.5, 0.6) is 0 Å². The number of rotatable bonds is 10. The van der Waals surface area contributed by atoms with Crippen molar-refractivity contribution in [1.82, 2.24) is 0 Å². The molecule has 3 amide bonds. The zero-order valence-electron chi connectivity index (χ0n) is 19.5. The zero-order chi connectivity index (χ0) is 24.3. The van der Waals surface area contributed by atoms with Crippen LogP contribution < -0.4 is 20.9 Å². The van der Waals surface area contributed by atoms with Crippen molar-refractivity contribution in [2.75, 3.05) is 33.9 Å². The van der Waals surface area contributed by atoms with Crippen LogP contribution in [0.25, 0.3) is 0 Å². The number of hydrogen-bond donors (Lipinski definition) is 3. The molecule has 0 heterocycles. The second-order valence-electron chi connectivity index (χ2n) is 7.74. The summed E-state index contributed by atoms with van der Waals surface area (Å²) in [5.41, 5.74) is 3.40. The monoisotopic (exact) mass is 458 g/mol. The molecule has 0 atom stereocenters. The minimum absolute atomic E-state index is 0.0369. The van der Waals surface area contributed by atoms with Gasteiger partial charge in [-0.1, -0.05) is 31.2 Å². The fraction of sp³-hybridized carbons (Fsp3) is 0.222. The molecule has 0 bridgehead atoms. The number of carbonyl (C=O) groups is 3. The van der Waals surface area contributed by atoms with Gasteiger partial charge in [0.15, 0.2) is 0 Å². The Labute approximate surface area is 200 Å². The third-order valence-corrected chi connectivity index (χ3v) is 5.12. The molecule has 0 saturated heterocycles. The van der Waals surface area contributed by atoms with Gasteiger partial charge in [0.1, 0.15) is 0 Å². The number of benzene rings is 3. The largest absolute Gasteiger partial charge is 0.376 e. The van der Waals surface area contributed by atoms with E-state index >= 15 is 0 Å². The summed E-state index contributed by atoms with van der Waals surface area (Å²) >= 11 is 0. The van der Waals surface area contributed by atoms with E-state index in [0.717, 1.165) is 17.8 Å². The maximum atomic E-state index is 12.9. The Morgan fingerprint density at radius 3 is 2.09 bits per heavy atom. The van der Waals surface area contributed by atoms with E-state index in [4.69, 9.17) is 0 Å². The third kappa shape index (κ3) is 6.93. The summed E-state index contributed by atoms with van der Waals surface area (Å²) in [5, 5.41) is 8.71. The van der Waals surface area contributed by atoms with E-state index in [1.807, 2.05) is 56.3 Å². The summed E-state index contributed by atoms with van der Waals surface area (Å²) in [7, 11) is 0. The van der Waals surface area contributed by atoms with Gasteiger partial charge in [-0.3, -0.25) is 14.4 Å². The van der Waals surface area contributed by atoms with Crippen LogP contribution in [0.1, 0.15) is 37.0 Å². The maximum Gasteiger partial charge on any atom is 0.258 e. The van der Waals surface area contributed by atoms with Gasteiger partial charge in [-0.2, -0.15) is 0 Å². The number of nitrogens with one attached hydrogen (secondary N) is 3. The first-order valence-electron chi connectivity index (χ1n) is 11.4. The van der Waals surface area contributed by atoms with Crippen molar-refractivity contribution in [1.29, 1.82) is 0 Å². The number of amides is 3. The van der Waals surface area contributed by atoms with E-state index in [9.17, 15) is 14.4 Å². The summed E-state index contributed by atoms with van der Waals surface area (Å²) in [6.07, 6.45) is 1.25. The molecular formula is C27H30N4O3. The molecule has 0 spiro atoms. The normalized spacial score (nSPS) is 10.3. The predicted octanol–water partition coefficient (Wildman–Crippen LogP) is 5.14. The molecule has 3 aromatic carbocycles. The van der Waals surface area contributed by atoms with Crippen LogP contribution in [0.15, 0.2) is 78.9 Å². The van der Waals surface area contributed by atoms with Crippen LogP contribution >= 0.6 is 0 Å². The number of nitrogens with zero attached hydrogens (tertiary/aromatic N) is 1. The summed E-state index contributed by atoms with van der Waals surface area (Å²) in [6, 6.07) is 23.6.